The second kappa shape index (κ2) is 35.6. The number of rotatable bonds is 6. The van der Waals surface area contributed by atoms with E-state index in [0.717, 1.165) is 28.3 Å². The van der Waals surface area contributed by atoms with Gasteiger partial charge < -0.3 is 28.6 Å². The zero-order valence-corrected chi connectivity index (χ0v) is 38.4. The van der Waals surface area contributed by atoms with Crippen LogP contribution in [0.4, 0.5) is 0 Å². The Labute approximate surface area is 327 Å². The smallest absolute Gasteiger partial charge is 0.134 e. The number of ether oxygens (including phenoxy) is 1. The molecule has 0 fully saturated rings. The lowest BCUT2D eigenvalue weighted by Crippen LogP contribution is -2.20. The van der Waals surface area contributed by atoms with Crippen molar-refractivity contribution in [2.24, 2.45) is 11.7 Å². The van der Waals surface area contributed by atoms with Gasteiger partial charge in [-0.15, -0.1) is 0 Å². The predicted octanol–water partition coefficient (Wildman–Crippen LogP) is 14.1. The molecule has 4 rings (SSSR count). The molecule has 52 heavy (non-hydrogen) atoms. The molecule has 0 aliphatic heterocycles. The van der Waals surface area contributed by atoms with E-state index in [9.17, 15) is 0 Å². The first kappa shape index (κ1) is 56.3. The number of thioether (sulfide) groups is 1. The Bertz CT molecular complexity index is 1130. The van der Waals surface area contributed by atoms with E-state index >= 15 is 0 Å². The fraction of sp³-hybridized carbons (Fsp3) is 0.644. The molecular formula is C45H84N2O4S. The maximum absolute atomic E-state index is 5.63. The molecule has 0 bridgehead atoms. The number of para-hydroxylation sites is 1. The third kappa shape index (κ3) is 40.3. The predicted molar refractivity (Wildman–Crippen MR) is 235 cm³/mol. The Kier molecular flexibility index (Phi) is 38.5. The van der Waals surface area contributed by atoms with Crippen LogP contribution in [-0.4, -0.2) is 55.8 Å². The summed E-state index contributed by atoms with van der Waals surface area (Å²) in [5.41, 5.74) is 7.37. The van der Waals surface area contributed by atoms with E-state index in [2.05, 4.69) is 127 Å². The standard InChI is InChI=1S/C11H12O.2C7H10O.C5H13N.C4H10O.C4H10S.C4H10.C3H9N/c1-8(2)11-7-9-5-3-4-6-10(9)12-11;1-6(2)7-3-4-8-5-7;1-6(2)7-4-3-5-8-7;1-5(2)6(3)4;2*1-4(2)5-3;1-4(2)3;1-3(2)4/h3-8H,1-2H3;2*3-6H,1-2H3;5H,1-4H3;2*4H,1-3H3;4H,1-3H3;3H,4H2,1-2H3. The van der Waals surface area contributed by atoms with E-state index in [0.29, 0.717) is 35.9 Å². The summed E-state index contributed by atoms with van der Waals surface area (Å²) < 4.78 is 20.4. The van der Waals surface area contributed by atoms with Crippen LogP contribution in [0.3, 0.4) is 0 Å². The summed E-state index contributed by atoms with van der Waals surface area (Å²) in [6.07, 6.45) is 7.69. The molecule has 0 aliphatic rings. The van der Waals surface area contributed by atoms with Gasteiger partial charge in [0, 0.05) is 30.4 Å². The minimum atomic E-state index is 0.333. The molecule has 3 heterocycles. The number of nitrogens with two attached hydrogens (primary N) is 1. The van der Waals surface area contributed by atoms with Gasteiger partial charge in [-0.2, -0.15) is 11.8 Å². The highest BCUT2D eigenvalue weighted by Gasteiger charge is 2.05. The van der Waals surface area contributed by atoms with Crippen molar-refractivity contribution in [3.05, 3.63) is 84.4 Å². The molecule has 4 aromatic rings. The molecule has 6 nitrogen and oxygen atoms in total. The lowest BCUT2D eigenvalue weighted by atomic mass is 10.1. The lowest BCUT2D eigenvalue weighted by molar-refractivity contribution is 0.134. The SMILES string of the molecule is CC(C)C.CC(C)N.CC(C)N(C)C.CC(C)c1cc2ccccc2o1.CC(C)c1ccco1.CC(C)c1ccoc1.COC(C)C.CSC(C)C. The molecule has 304 valence electrons. The molecular weight excluding hydrogens is 665 g/mol. The summed E-state index contributed by atoms with van der Waals surface area (Å²) in [6.45, 7) is 35.9. The first-order valence-electron chi connectivity index (χ1n) is 19.0. The fourth-order valence-corrected chi connectivity index (χ4v) is 2.51. The summed E-state index contributed by atoms with van der Waals surface area (Å²) >= 11 is 1.88. The van der Waals surface area contributed by atoms with Gasteiger partial charge >= 0.3 is 0 Å². The Balaban J connectivity index is -0.000000262. The Hall–Kier alpha value is -2.45. The number of fused-ring (bicyclic) bond motifs is 1. The fourth-order valence-electron chi connectivity index (χ4n) is 2.51. The van der Waals surface area contributed by atoms with E-state index in [-0.39, 0.29) is 0 Å². The Morgan fingerprint density at radius 1 is 0.673 bits per heavy atom. The Morgan fingerprint density at radius 2 is 1.12 bits per heavy atom. The van der Waals surface area contributed by atoms with Crippen molar-refractivity contribution in [1.82, 2.24) is 4.90 Å². The normalized spacial score (nSPS) is 10.3. The average Bonchev–Trinajstić information content (AvgIpc) is 3.84. The van der Waals surface area contributed by atoms with Crippen LogP contribution in [-0.2, 0) is 4.74 Å². The van der Waals surface area contributed by atoms with Gasteiger partial charge in [-0.1, -0.05) is 108 Å². The molecule has 0 radical (unpaired) electrons. The summed E-state index contributed by atoms with van der Waals surface area (Å²) in [5.74, 6) is 4.54. The van der Waals surface area contributed by atoms with Crippen molar-refractivity contribution < 1.29 is 18.0 Å². The number of hydrogen-bond acceptors (Lipinski definition) is 7. The van der Waals surface area contributed by atoms with Crippen LogP contribution >= 0.6 is 11.8 Å². The zero-order chi connectivity index (χ0) is 41.4. The van der Waals surface area contributed by atoms with Gasteiger partial charge in [0.1, 0.15) is 17.1 Å². The minimum absolute atomic E-state index is 0.333. The van der Waals surface area contributed by atoms with Gasteiger partial charge in [-0.05, 0) is 107 Å². The quantitative estimate of drug-likeness (QED) is 0.210. The van der Waals surface area contributed by atoms with Crippen LogP contribution in [0.1, 0.15) is 153 Å². The molecule has 0 aliphatic carbocycles. The molecule has 0 saturated heterocycles. The van der Waals surface area contributed by atoms with Gasteiger partial charge in [0.05, 0.1) is 24.9 Å². The largest absolute Gasteiger partial charge is 0.472 e. The molecule has 0 atom stereocenters. The third-order valence-electron chi connectivity index (χ3n) is 6.31. The summed E-state index contributed by atoms with van der Waals surface area (Å²) in [5, 5.41) is 2.00. The molecule has 0 unspecified atom stereocenters. The average molecular weight is 749 g/mol. The van der Waals surface area contributed by atoms with Crippen molar-refractivity contribution in [2.45, 2.75) is 159 Å². The number of hydrogen-bond donors (Lipinski definition) is 1. The molecule has 7 heteroatoms. The number of furan rings is 3. The Morgan fingerprint density at radius 3 is 1.35 bits per heavy atom. The molecule has 0 amide bonds. The van der Waals surface area contributed by atoms with Crippen molar-refractivity contribution in [3.63, 3.8) is 0 Å². The second-order valence-electron chi connectivity index (χ2n) is 15.3. The van der Waals surface area contributed by atoms with Crippen LogP contribution in [0.25, 0.3) is 11.0 Å². The van der Waals surface area contributed by atoms with Gasteiger partial charge in [0.2, 0.25) is 0 Å². The molecule has 2 N–H and O–H groups in total. The van der Waals surface area contributed by atoms with Crippen LogP contribution < -0.4 is 5.73 Å². The monoisotopic (exact) mass is 749 g/mol. The van der Waals surface area contributed by atoms with Gasteiger partial charge in [-0.25, -0.2) is 0 Å². The van der Waals surface area contributed by atoms with Crippen molar-refractivity contribution in [3.8, 4) is 0 Å². The van der Waals surface area contributed by atoms with E-state index in [4.69, 9.17) is 23.7 Å². The highest BCUT2D eigenvalue weighted by molar-refractivity contribution is 7.99. The van der Waals surface area contributed by atoms with E-state index in [1.54, 1.807) is 25.9 Å². The highest BCUT2D eigenvalue weighted by Crippen LogP contribution is 2.24. The van der Waals surface area contributed by atoms with Crippen molar-refractivity contribution in [1.29, 1.82) is 0 Å². The number of methoxy groups -OCH3 is 1. The summed E-state index contributed by atoms with van der Waals surface area (Å²) in [6, 6.07) is 17.1. The third-order valence-corrected chi connectivity index (χ3v) is 7.25. The van der Waals surface area contributed by atoms with Gasteiger partial charge in [-0.3, -0.25) is 0 Å². The van der Waals surface area contributed by atoms with Gasteiger partial charge in [0.15, 0.2) is 0 Å². The summed E-state index contributed by atoms with van der Waals surface area (Å²) in [7, 11) is 5.85. The number of benzene rings is 1. The first-order valence-corrected chi connectivity index (χ1v) is 20.3. The minimum Gasteiger partial charge on any atom is -0.472 e. The van der Waals surface area contributed by atoms with Crippen LogP contribution in [0.2, 0.25) is 0 Å². The topological polar surface area (TPSA) is 77.9 Å². The van der Waals surface area contributed by atoms with Crippen LogP contribution in [0, 0.1) is 5.92 Å². The highest BCUT2D eigenvalue weighted by atomic mass is 32.2. The van der Waals surface area contributed by atoms with Crippen LogP contribution in [0.15, 0.2) is 80.6 Å². The lowest BCUT2D eigenvalue weighted by Gasteiger charge is -2.12. The van der Waals surface area contributed by atoms with Crippen molar-refractivity contribution in [2.75, 3.05) is 27.5 Å². The van der Waals surface area contributed by atoms with E-state index < -0.39 is 0 Å². The van der Waals surface area contributed by atoms with Crippen molar-refractivity contribution >= 4 is 22.7 Å². The molecule has 1 aromatic carbocycles. The second-order valence-corrected chi connectivity index (χ2v) is 16.7. The number of nitrogens with zero attached hydrogens (tertiary/aromatic N) is 1. The van der Waals surface area contributed by atoms with E-state index in [1.807, 2.05) is 75.9 Å². The summed E-state index contributed by atoms with van der Waals surface area (Å²) in [4.78, 5) is 2.17. The van der Waals surface area contributed by atoms with Gasteiger partial charge in [0.25, 0.3) is 0 Å². The zero-order valence-electron chi connectivity index (χ0n) is 37.5. The molecule has 3 aromatic heterocycles. The maximum atomic E-state index is 5.63. The first-order chi connectivity index (χ1) is 24.0. The molecule has 0 spiro atoms. The molecule has 0 saturated carbocycles. The van der Waals surface area contributed by atoms with Crippen LogP contribution in [0.5, 0.6) is 0 Å². The maximum Gasteiger partial charge on any atom is 0.134 e. The van der Waals surface area contributed by atoms with E-state index in [1.165, 1.54) is 10.9 Å².